The van der Waals surface area contributed by atoms with E-state index in [9.17, 15) is 4.79 Å². The van der Waals surface area contributed by atoms with Gasteiger partial charge in [-0.2, -0.15) is 5.10 Å². The summed E-state index contributed by atoms with van der Waals surface area (Å²) < 4.78 is 0. The summed E-state index contributed by atoms with van der Waals surface area (Å²) in [5.74, 6) is 1.23. The van der Waals surface area contributed by atoms with Crippen LogP contribution in [0.5, 0.6) is 0 Å². The van der Waals surface area contributed by atoms with E-state index >= 15 is 0 Å². The highest BCUT2D eigenvalue weighted by Crippen LogP contribution is 2.39. The first kappa shape index (κ1) is 16.1. The molecule has 2 N–H and O–H groups in total. The van der Waals surface area contributed by atoms with Crippen LogP contribution in [0.3, 0.4) is 0 Å². The van der Waals surface area contributed by atoms with Gasteiger partial charge in [-0.1, -0.05) is 24.6 Å². The van der Waals surface area contributed by atoms with Crippen molar-refractivity contribution in [3.63, 3.8) is 0 Å². The second-order valence-corrected chi connectivity index (χ2v) is 7.95. The van der Waals surface area contributed by atoms with Crippen LogP contribution in [0.15, 0.2) is 24.3 Å². The van der Waals surface area contributed by atoms with Crippen LogP contribution in [0, 0.1) is 0 Å². The number of carbonyl (C=O) groups is 1. The highest BCUT2D eigenvalue weighted by atomic mass is 16.2. The zero-order chi connectivity index (χ0) is 17.5. The molecule has 0 bridgehead atoms. The number of aromatic amines is 1. The fraction of sp³-hybridized carbons (Fsp3) is 0.524. The quantitative estimate of drug-likeness (QED) is 0.895. The lowest BCUT2D eigenvalue weighted by atomic mass is 9.80. The maximum Gasteiger partial charge on any atom is 0.254 e. The Labute approximate surface area is 154 Å². The highest BCUT2D eigenvalue weighted by molar-refractivity contribution is 5.96. The fourth-order valence-electron chi connectivity index (χ4n) is 4.65. The molecule has 2 aromatic rings. The molecule has 1 aromatic heterocycles. The second-order valence-electron chi connectivity index (χ2n) is 7.95. The summed E-state index contributed by atoms with van der Waals surface area (Å²) in [6.07, 6.45) is 5.78. The first-order valence-electron chi connectivity index (χ1n) is 9.96. The number of rotatable bonds is 3. The van der Waals surface area contributed by atoms with Crippen LogP contribution in [-0.4, -0.2) is 40.6 Å². The number of nitrogens with one attached hydrogen (secondary N) is 2. The van der Waals surface area contributed by atoms with Crippen molar-refractivity contribution in [1.29, 1.82) is 0 Å². The van der Waals surface area contributed by atoms with E-state index in [1.54, 1.807) is 0 Å². The molecular weight excluding hydrogens is 324 g/mol. The van der Waals surface area contributed by atoms with Gasteiger partial charge in [0, 0.05) is 48.8 Å². The third-order valence-electron chi connectivity index (χ3n) is 6.44. The standard InChI is InChI=1S/C21H26N4O/c26-21(17-7-2-1-6-16(17)15-8-10-22-12-15)25-11-9-19-18(13-25)20(24-23-19)14-4-3-5-14/h1-2,6-7,14-15,22H,3-5,8-13H2,(H,23,24). The van der Waals surface area contributed by atoms with Crippen LogP contribution in [0.25, 0.3) is 0 Å². The van der Waals surface area contributed by atoms with Crippen LogP contribution in [-0.2, 0) is 13.0 Å². The Hall–Kier alpha value is -2.14. The Morgan fingerprint density at radius 3 is 2.81 bits per heavy atom. The van der Waals surface area contributed by atoms with E-state index in [1.807, 2.05) is 17.0 Å². The molecule has 1 amide bonds. The first-order chi connectivity index (χ1) is 12.8. The molecule has 5 heteroatoms. The van der Waals surface area contributed by atoms with Crippen molar-refractivity contribution in [2.45, 2.75) is 50.5 Å². The normalized spacial score (nSPS) is 22.9. The Morgan fingerprint density at radius 1 is 1.15 bits per heavy atom. The summed E-state index contributed by atoms with van der Waals surface area (Å²) in [5.41, 5.74) is 5.84. The largest absolute Gasteiger partial charge is 0.334 e. The molecule has 1 aromatic carbocycles. The minimum absolute atomic E-state index is 0.180. The average Bonchev–Trinajstić information content (AvgIpc) is 3.30. The molecule has 5 rings (SSSR count). The van der Waals surface area contributed by atoms with Gasteiger partial charge < -0.3 is 10.2 Å². The molecule has 2 fully saturated rings. The van der Waals surface area contributed by atoms with Crippen molar-refractivity contribution < 1.29 is 4.79 Å². The summed E-state index contributed by atoms with van der Waals surface area (Å²) >= 11 is 0. The molecule has 26 heavy (non-hydrogen) atoms. The fourth-order valence-corrected chi connectivity index (χ4v) is 4.65. The number of aromatic nitrogens is 2. The first-order valence-corrected chi connectivity index (χ1v) is 9.96. The van der Waals surface area contributed by atoms with Gasteiger partial charge in [-0.05, 0) is 43.4 Å². The lowest BCUT2D eigenvalue weighted by Gasteiger charge is -2.31. The van der Waals surface area contributed by atoms with Crippen molar-refractivity contribution >= 4 is 5.91 Å². The van der Waals surface area contributed by atoms with Gasteiger partial charge in [0.1, 0.15) is 0 Å². The maximum absolute atomic E-state index is 13.3. The van der Waals surface area contributed by atoms with Gasteiger partial charge in [-0.15, -0.1) is 0 Å². The van der Waals surface area contributed by atoms with Crippen LogP contribution in [0.4, 0.5) is 0 Å². The summed E-state index contributed by atoms with van der Waals surface area (Å²) in [7, 11) is 0. The van der Waals surface area contributed by atoms with Gasteiger partial charge in [0.15, 0.2) is 0 Å². The second kappa shape index (κ2) is 6.54. The number of carbonyl (C=O) groups excluding carboxylic acids is 1. The average molecular weight is 350 g/mol. The van der Waals surface area contributed by atoms with E-state index in [2.05, 4.69) is 27.6 Å². The molecule has 3 aliphatic rings. The number of H-pyrrole nitrogens is 1. The molecular formula is C21H26N4O. The summed E-state index contributed by atoms with van der Waals surface area (Å²) in [5, 5.41) is 11.3. The van der Waals surface area contributed by atoms with E-state index < -0.39 is 0 Å². The van der Waals surface area contributed by atoms with Crippen molar-refractivity contribution in [2.24, 2.45) is 0 Å². The SMILES string of the molecule is O=C(c1ccccc1C1CCNC1)N1CCc2[nH]nc(C3CCC3)c2C1. The zero-order valence-corrected chi connectivity index (χ0v) is 15.1. The molecule has 3 heterocycles. The molecule has 1 saturated heterocycles. The minimum Gasteiger partial charge on any atom is -0.334 e. The number of nitrogens with zero attached hydrogens (tertiary/aromatic N) is 2. The predicted octanol–water partition coefficient (Wildman–Crippen LogP) is 2.95. The van der Waals surface area contributed by atoms with Crippen LogP contribution in [0.1, 0.15) is 70.4 Å². The molecule has 1 atom stereocenters. The van der Waals surface area contributed by atoms with Crippen LogP contribution >= 0.6 is 0 Å². The smallest absolute Gasteiger partial charge is 0.254 e. The number of hydrogen-bond acceptors (Lipinski definition) is 3. The Morgan fingerprint density at radius 2 is 2.04 bits per heavy atom. The molecule has 1 aliphatic carbocycles. The number of fused-ring (bicyclic) bond motifs is 1. The molecule has 136 valence electrons. The number of benzene rings is 1. The Balaban J connectivity index is 1.41. The summed E-state index contributed by atoms with van der Waals surface area (Å²) in [6, 6.07) is 8.20. The number of hydrogen-bond donors (Lipinski definition) is 2. The van der Waals surface area contributed by atoms with E-state index in [0.29, 0.717) is 18.4 Å². The van der Waals surface area contributed by atoms with Gasteiger partial charge in [0.25, 0.3) is 5.91 Å². The van der Waals surface area contributed by atoms with E-state index in [0.717, 1.165) is 38.0 Å². The van der Waals surface area contributed by atoms with Gasteiger partial charge in [0.2, 0.25) is 0 Å². The van der Waals surface area contributed by atoms with Crippen molar-refractivity contribution in [2.75, 3.05) is 19.6 Å². The third kappa shape index (κ3) is 2.65. The monoisotopic (exact) mass is 350 g/mol. The third-order valence-corrected chi connectivity index (χ3v) is 6.44. The summed E-state index contributed by atoms with van der Waals surface area (Å²) in [4.78, 5) is 15.4. The predicted molar refractivity (Wildman–Crippen MR) is 100 cm³/mol. The highest BCUT2D eigenvalue weighted by Gasteiger charge is 2.32. The zero-order valence-electron chi connectivity index (χ0n) is 15.1. The lowest BCUT2D eigenvalue weighted by Crippen LogP contribution is -2.37. The van der Waals surface area contributed by atoms with Crippen LogP contribution in [0.2, 0.25) is 0 Å². The van der Waals surface area contributed by atoms with Crippen molar-refractivity contribution in [3.05, 3.63) is 52.3 Å². The summed E-state index contributed by atoms with van der Waals surface area (Å²) in [6.45, 7) is 3.49. The van der Waals surface area contributed by atoms with Gasteiger partial charge in [-0.3, -0.25) is 9.89 Å². The maximum atomic E-state index is 13.3. The van der Waals surface area contributed by atoms with Crippen molar-refractivity contribution in [1.82, 2.24) is 20.4 Å². The topological polar surface area (TPSA) is 61.0 Å². The van der Waals surface area contributed by atoms with E-state index in [-0.39, 0.29) is 5.91 Å². The molecule has 5 nitrogen and oxygen atoms in total. The van der Waals surface area contributed by atoms with E-state index in [1.165, 1.54) is 41.8 Å². The van der Waals surface area contributed by atoms with Crippen molar-refractivity contribution in [3.8, 4) is 0 Å². The molecule has 1 unspecified atom stereocenters. The number of amides is 1. The molecule has 2 aliphatic heterocycles. The lowest BCUT2D eigenvalue weighted by molar-refractivity contribution is 0.0732. The molecule has 0 radical (unpaired) electrons. The van der Waals surface area contributed by atoms with Gasteiger partial charge >= 0.3 is 0 Å². The Kier molecular flexibility index (Phi) is 4.04. The van der Waals surface area contributed by atoms with E-state index in [4.69, 9.17) is 0 Å². The minimum atomic E-state index is 0.180. The van der Waals surface area contributed by atoms with Gasteiger partial charge in [-0.25, -0.2) is 0 Å². The van der Waals surface area contributed by atoms with Gasteiger partial charge in [0.05, 0.1) is 5.69 Å². The molecule has 1 saturated carbocycles. The molecule has 0 spiro atoms. The van der Waals surface area contributed by atoms with Crippen LogP contribution < -0.4 is 5.32 Å². The Bertz CT molecular complexity index is 817.